The summed E-state index contributed by atoms with van der Waals surface area (Å²) in [6.45, 7) is 0. The number of hydrogen-bond donors (Lipinski definition) is 0. The van der Waals surface area contributed by atoms with Crippen LogP contribution in [0.15, 0.2) is 48.5 Å². The molecule has 0 aliphatic heterocycles. The van der Waals surface area contributed by atoms with Gasteiger partial charge in [0.1, 0.15) is 11.5 Å². The number of nitro benzene ring substituents is 1. The van der Waals surface area contributed by atoms with Crippen LogP contribution in [0.2, 0.25) is 0 Å². The number of hydrogen-bond acceptors (Lipinski definition) is 3. The minimum atomic E-state index is -5.80. The Kier molecular flexibility index (Phi) is 4.91. The lowest BCUT2D eigenvalue weighted by molar-refractivity contribution is -0.384. The third-order valence-corrected chi connectivity index (χ3v) is 3.25. The van der Waals surface area contributed by atoms with Crippen molar-refractivity contribution in [3.05, 3.63) is 64.2 Å². The van der Waals surface area contributed by atoms with E-state index in [1.54, 1.807) is 0 Å². The summed E-state index contributed by atoms with van der Waals surface area (Å²) in [6, 6.07) is 7.66. The molecule has 0 amide bonds. The fourth-order valence-electron chi connectivity index (χ4n) is 1.98. The second-order valence-electron chi connectivity index (χ2n) is 4.89. The second-order valence-corrected chi connectivity index (χ2v) is 4.89. The van der Waals surface area contributed by atoms with Gasteiger partial charge in [0.2, 0.25) is 0 Å². The first-order valence-electron chi connectivity index (χ1n) is 6.62. The van der Waals surface area contributed by atoms with E-state index in [1.807, 2.05) is 0 Å². The average molecular weight is 365 g/mol. The summed E-state index contributed by atoms with van der Waals surface area (Å²) in [5.74, 6) is -0.110. The summed E-state index contributed by atoms with van der Waals surface area (Å²) in [5, 5.41) is 10.6. The van der Waals surface area contributed by atoms with Gasteiger partial charge in [-0.15, -0.1) is 0 Å². The van der Waals surface area contributed by atoms with Gasteiger partial charge in [-0.25, -0.2) is 13.2 Å². The van der Waals surface area contributed by atoms with Crippen LogP contribution in [0, 0.1) is 10.1 Å². The van der Waals surface area contributed by atoms with E-state index in [0.717, 1.165) is 18.2 Å². The van der Waals surface area contributed by atoms with Crippen LogP contribution in [-0.4, -0.2) is 17.5 Å². The van der Waals surface area contributed by atoms with Crippen LogP contribution in [0.1, 0.15) is 5.56 Å². The molecule has 10 heteroatoms. The van der Waals surface area contributed by atoms with E-state index in [9.17, 15) is 36.5 Å². The molecule has 4 nitrogen and oxygen atoms in total. The van der Waals surface area contributed by atoms with Crippen molar-refractivity contribution >= 4 is 5.69 Å². The van der Waals surface area contributed by atoms with E-state index in [4.69, 9.17) is 4.74 Å². The van der Waals surface area contributed by atoms with E-state index in [0.29, 0.717) is 12.1 Å². The number of ether oxygens (including phenoxy) is 1. The molecule has 0 N–H and O–H groups in total. The van der Waals surface area contributed by atoms with Crippen LogP contribution >= 0.6 is 0 Å². The normalized spacial score (nSPS) is 14.2. The van der Waals surface area contributed by atoms with Gasteiger partial charge in [0.25, 0.3) is 17.8 Å². The summed E-state index contributed by atoms with van der Waals surface area (Å²) >= 11 is 0. The van der Waals surface area contributed by atoms with Gasteiger partial charge < -0.3 is 4.74 Å². The maximum atomic E-state index is 13.9. The number of rotatable bonds is 5. The van der Waals surface area contributed by atoms with E-state index in [2.05, 4.69) is 0 Å². The van der Waals surface area contributed by atoms with Gasteiger partial charge in [-0.3, -0.25) is 10.1 Å². The molecule has 0 fully saturated rings. The molecule has 2 aromatic carbocycles. The highest BCUT2D eigenvalue weighted by molar-refractivity contribution is 5.41. The molecule has 0 radical (unpaired) electrons. The smallest absolute Gasteiger partial charge is 0.432 e. The third kappa shape index (κ3) is 3.67. The number of alkyl halides is 6. The van der Waals surface area contributed by atoms with Crippen molar-refractivity contribution in [2.75, 3.05) is 0 Å². The van der Waals surface area contributed by atoms with Gasteiger partial charge in [0.05, 0.1) is 11.0 Å². The van der Waals surface area contributed by atoms with E-state index >= 15 is 0 Å². The van der Waals surface area contributed by atoms with Crippen molar-refractivity contribution in [1.82, 2.24) is 0 Å². The highest BCUT2D eigenvalue weighted by Crippen LogP contribution is 2.47. The molecule has 2 aromatic rings. The molecule has 0 aromatic heterocycles. The highest BCUT2D eigenvalue weighted by atomic mass is 19.4. The minimum Gasteiger partial charge on any atom is -0.457 e. The standard InChI is InChI=1S/C15H9F6NO3/c16-13(17)14(18,15(19,20)21)9-4-6-11(7-5-9)25-12-3-1-2-10(8-12)22(23)24/h1-8,13H. The van der Waals surface area contributed by atoms with Crippen LogP contribution in [0.3, 0.4) is 0 Å². The highest BCUT2D eigenvalue weighted by Gasteiger charge is 2.63. The summed E-state index contributed by atoms with van der Waals surface area (Å²) in [4.78, 5) is 9.97. The molecule has 134 valence electrons. The third-order valence-electron chi connectivity index (χ3n) is 3.25. The first-order valence-corrected chi connectivity index (χ1v) is 6.62. The molecule has 1 unspecified atom stereocenters. The monoisotopic (exact) mass is 365 g/mol. The zero-order valence-corrected chi connectivity index (χ0v) is 12.1. The molecular weight excluding hydrogens is 356 g/mol. The number of halogens is 6. The van der Waals surface area contributed by atoms with Crippen molar-refractivity contribution in [3.8, 4) is 11.5 Å². The molecule has 0 saturated heterocycles. The molecule has 2 rings (SSSR count). The summed E-state index contributed by atoms with van der Waals surface area (Å²) in [6.07, 6.45) is -10.1. The number of non-ortho nitro benzene ring substituents is 1. The molecule has 25 heavy (non-hydrogen) atoms. The predicted molar refractivity (Wildman–Crippen MR) is 74.5 cm³/mol. The summed E-state index contributed by atoms with van der Waals surface area (Å²) < 4.78 is 82.3. The van der Waals surface area contributed by atoms with Crippen molar-refractivity contribution in [2.24, 2.45) is 0 Å². The van der Waals surface area contributed by atoms with Gasteiger partial charge >= 0.3 is 6.18 Å². The van der Waals surface area contributed by atoms with Gasteiger partial charge in [0, 0.05) is 11.6 Å². The Morgan fingerprint density at radius 3 is 2.04 bits per heavy atom. The molecule has 0 bridgehead atoms. The fourth-order valence-corrected chi connectivity index (χ4v) is 1.98. The van der Waals surface area contributed by atoms with Gasteiger partial charge in [-0.2, -0.15) is 13.2 Å². The molecule has 0 aliphatic rings. The van der Waals surface area contributed by atoms with Crippen LogP contribution in [0.4, 0.5) is 32.0 Å². The van der Waals surface area contributed by atoms with Crippen LogP contribution in [-0.2, 0) is 5.67 Å². The molecule has 0 saturated carbocycles. The Morgan fingerprint density at radius 2 is 1.56 bits per heavy atom. The lowest BCUT2D eigenvalue weighted by Gasteiger charge is -2.27. The molecule has 0 aliphatic carbocycles. The Labute approximate surface area is 136 Å². The van der Waals surface area contributed by atoms with Crippen molar-refractivity contribution in [2.45, 2.75) is 18.3 Å². The predicted octanol–water partition coefficient (Wildman–Crippen LogP) is 5.38. The van der Waals surface area contributed by atoms with Gasteiger partial charge in [-0.1, -0.05) is 18.2 Å². The van der Waals surface area contributed by atoms with Crippen LogP contribution in [0.5, 0.6) is 11.5 Å². The Hall–Kier alpha value is -2.78. The van der Waals surface area contributed by atoms with E-state index < -0.39 is 28.8 Å². The minimum absolute atomic E-state index is 0.00172. The maximum absolute atomic E-state index is 13.9. The van der Waals surface area contributed by atoms with Crippen LogP contribution in [0.25, 0.3) is 0 Å². The quantitative estimate of drug-likeness (QED) is 0.406. The number of nitro groups is 1. The van der Waals surface area contributed by atoms with Gasteiger partial charge in [0.15, 0.2) is 0 Å². The zero-order valence-electron chi connectivity index (χ0n) is 12.1. The largest absolute Gasteiger partial charge is 0.457 e. The number of benzene rings is 2. The average Bonchev–Trinajstić information content (AvgIpc) is 2.53. The molecule has 1 atom stereocenters. The van der Waals surface area contributed by atoms with E-state index in [-0.39, 0.29) is 17.2 Å². The zero-order chi connectivity index (χ0) is 18.8. The Bertz CT molecular complexity index is 763. The topological polar surface area (TPSA) is 52.4 Å². The lowest BCUT2D eigenvalue weighted by atomic mass is 9.95. The SMILES string of the molecule is O=[N+]([O-])c1cccc(Oc2ccc(C(F)(C(F)F)C(F)(F)F)cc2)c1. The first kappa shape index (κ1) is 18.6. The summed E-state index contributed by atoms with van der Waals surface area (Å²) in [7, 11) is 0. The maximum Gasteiger partial charge on any atom is 0.432 e. The number of nitrogens with zero attached hydrogens (tertiary/aromatic N) is 1. The van der Waals surface area contributed by atoms with E-state index in [1.165, 1.54) is 18.2 Å². The second kappa shape index (κ2) is 6.61. The van der Waals surface area contributed by atoms with Crippen LogP contribution < -0.4 is 4.74 Å². The van der Waals surface area contributed by atoms with Gasteiger partial charge in [-0.05, 0) is 18.2 Å². The van der Waals surface area contributed by atoms with Crippen molar-refractivity contribution in [3.63, 3.8) is 0 Å². The van der Waals surface area contributed by atoms with Crippen molar-refractivity contribution in [1.29, 1.82) is 0 Å². The molecule has 0 heterocycles. The first-order chi connectivity index (χ1) is 11.6. The fraction of sp³-hybridized carbons (Fsp3) is 0.200. The summed E-state index contributed by atoms with van der Waals surface area (Å²) in [5.41, 5.74) is -6.37. The molecular formula is C15H9F6NO3. The molecule has 0 spiro atoms. The van der Waals surface area contributed by atoms with Crippen molar-refractivity contribution < 1.29 is 36.0 Å². The Balaban J connectivity index is 2.28. The Morgan fingerprint density at radius 1 is 0.960 bits per heavy atom. The lowest BCUT2D eigenvalue weighted by Crippen LogP contribution is -2.44.